The molecular weight excluding hydrogens is 244 g/mol. The predicted molar refractivity (Wildman–Crippen MR) is 41.9 cm³/mol. The Labute approximate surface area is 85.1 Å². The summed E-state index contributed by atoms with van der Waals surface area (Å²) < 4.78 is 84.7. The van der Waals surface area contributed by atoms with Gasteiger partial charge in [-0.25, -0.2) is 8.78 Å². The van der Waals surface area contributed by atoms with Crippen LogP contribution in [-0.2, 0) is 6.54 Å². The first-order chi connectivity index (χ1) is 7.13. The van der Waals surface area contributed by atoms with Crippen LogP contribution >= 0.6 is 0 Å². The molecule has 0 unspecified atom stereocenters. The van der Waals surface area contributed by atoms with Gasteiger partial charge in [-0.3, -0.25) is 4.68 Å². The fraction of sp³-hybridized carbons (Fsp3) is 0.500. The van der Waals surface area contributed by atoms with Gasteiger partial charge in [-0.2, -0.15) is 13.9 Å². The molecule has 2 nitrogen and oxygen atoms in total. The van der Waals surface area contributed by atoms with Crippen LogP contribution in [0.4, 0.5) is 30.5 Å². The molecule has 0 spiro atoms. The van der Waals surface area contributed by atoms with Gasteiger partial charge in [0.05, 0.1) is 0 Å². The largest absolute Gasteiger partial charge is 0.512 e. The van der Waals surface area contributed by atoms with Crippen molar-refractivity contribution in [1.82, 2.24) is 9.78 Å². The number of rotatable bonds is 4. The number of halogens is 7. The Hall–Kier alpha value is -1.22. The smallest absolute Gasteiger partial charge is 0.445 e. The number of nitrogens with zero attached hydrogens (tertiary/aromatic N) is 2. The normalized spacial score (nSPS) is 13.5. The van der Waals surface area contributed by atoms with E-state index in [1.54, 1.807) is 0 Å². The summed E-state index contributed by atoms with van der Waals surface area (Å²) in [6.07, 6.45) is -3.35. The SMILES string of the molecule is FC(F)C(F)(F)Cn1cc([B-](F)(F)F)cn1. The van der Waals surface area contributed by atoms with E-state index < -0.39 is 31.3 Å². The molecule has 0 atom stereocenters. The van der Waals surface area contributed by atoms with Gasteiger partial charge in [-0.15, -0.1) is 0 Å². The van der Waals surface area contributed by atoms with Gasteiger partial charge in [0.1, 0.15) is 6.54 Å². The molecule has 0 aromatic carbocycles. The molecule has 0 N–H and O–H groups in total. The Morgan fingerprint density at radius 3 is 2.25 bits per heavy atom. The summed E-state index contributed by atoms with van der Waals surface area (Å²) in [4.78, 5) is 0. The summed E-state index contributed by atoms with van der Waals surface area (Å²) >= 11 is 0. The van der Waals surface area contributed by atoms with Gasteiger partial charge in [0.15, 0.2) is 0 Å². The third kappa shape index (κ3) is 2.89. The van der Waals surface area contributed by atoms with Gasteiger partial charge in [-0.1, -0.05) is 5.46 Å². The summed E-state index contributed by atoms with van der Waals surface area (Å²) in [6.45, 7) is -6.95. The maximum atomic E-state index is 12.5. The van der Waals surface area contributed by atoms with Crippen molar-refractivity contribution in [2.75, 3.05) is 0 Å². The molecule has 1 aromatic rings. The Bertz CT molecular complexity index is 358. The molecule has 92 valence electrons. The average molecular weight is 249 g/mol. The van der Waals surface area contributed by atoms with Crippen LogP contribution in [0.2, 0.25) is 0 Å². The van der Waals surface area contributed by atoms with Crippen LogP contribution in [0.15, 0.2) is 12.4 Å². The van der Waals surface area contributed by atoms with Crippen LogP contribution in [-0.4, -0.2) is 29.1 Å². The Morgan fingerprint density at radius 2 is 1.88 bits per heavy atom. The molecule has 16 heavy (non-hydrogen) atoms. The average Bonchev–Trinajstić information content (AvgIpc) is 2.50. The van der Waals surface area contributed by atoms with Gasteiger partial charge < -0.3 is 12.9 Å². The van der Waals surface area contributed by atoms with Crippen molar-refractivity contribution < 1.29 is 30.5 Å². The van der Waals surface area contributed by atoms with E-state index in [4.69, 9.17) is 0 Å². The van der Waals surface area contributed by atoms with Crippen LogP contribution in [0.1, 0.15) is 0 Å². The molecule has 0 saturated heterocycles. The van der Waals surface area contributed by atoms with Crippen molar-refractivity contribution in [3.63, 3.8) is 0 Å². The molecule has 1 aromatic heterocycles. The molecule has 0 aliphatic carbocycles. The Kier molecular flexibility index (Phi) is 3.20. The third-order valence-corrected chi connectivity index (χ3v) is 1.72. The zero-order chi connectivity index (χ0) is 12.6. The summed E-state index contributed by atoms with van der Waals surface area (Å²) in [5, 5.41) is 2.95. The highest BCUT2D eigenvalue weighted by atomic mass is 19.4. The molecule has 0 bridgehead atoms. The second-order valence-corrected chi connectivity index (χ2v) is 3.11. The number of hydrogen-bond acceptors (Lipinski definition) is 1. The molecular formula is C6H5BF7N2-. The standard InChI is InChI=1S/C6H5BF7N2/c8-5(9)6(10,11)3-16-2-4(1-15-16)7(12,13)14/h1-2,5H,3H2/q-1. The number of hydrogen-bond donors (Lipinski definition) is 0. The first kappa shape index (κ1) is 12.9. The van der Waals surface area contributed by atoms with E-state index in [1.807, 2.05) is 0 Å². The van der Waals surface area contributed by atoms with Gasteiger partial charge in [-0.05, 0) is 6.20 Å². The molecule has 0 radical (unpaired) electrons. The first-order valence-electron chi connectivity index (χ1n) is 4.01. The van der Waals surface area contributed by atoms with E-state index in [2.05, 4.69) is 5.10 Å². The number of alkyl halides is 4. The first-order valence-corrected chi connectivity index (χ1v) is 4.01. The van der Waals surface area contributed by atoms with Crippen LogP contribution in [0.5, 0.6) is 0 Å². The van der Waals surface area contributed by atoms with E-state index in [-0.39, 0.29) is 10.9 Å². The number of aromatic nitrogens is 2. The molecule has 1 rings (SSSR count). The second-order valence-electron chi connectivity index (χ2n) is 3.11. The second kappa shape index (κ2) is 3.98. The van der Waals surface area contributed by atoms with E-state index in [0.29, 0.717) is 6.20 Å². The fourth-order valence-corrected chi connectivity index (χ4v) is 0.920. The van der Waals surface area contributed by atoms with Crippen LogP contribution in [0.3, 0.4) is 0 Å². The molecule has 0 aliphatic rings. The van der Waals surface area contributed by atoms with Crippen molar-refractivity contribution in [1.29, 1.82) is 0 Å². The lowest BCUT2D eigenvalue weighted by Gasteiger charge is -2.15. The maximum Gasteiger partial charge on any atom is 0.512 e. The lowest BCUT2D eigenvalue weighted by atomic mass is 9.83. The molecule has 0 aliphatic heterocycles. The van der Waals surface area contributed by atoms with Crippen molar-refractivity contribution in [2.45, 2.75) is 18.9 Å². The lowest BCUT2D eigenvalue weighted by Crippen LogP contribution is -2.34. The minimum Gasteiger partial charge on any atom is -0.445 e. The Morgan fingerprint density at radius 1 is 1.31 bits per heavy atom. The molecule has 10 heteroatoms. The van der Waals surface area contributed by atoms with E-state index in [0.717, 1.165) is 0 Å². The quantitative estimate of drug-likeness (QED) is 0.588. The zero-order valence-corrected chi connectivity index (χ0v) is 7.56. The van der Waals surface area contributed by atoms with Crippen molar-refractivity contribution >= 4 is 12.4 Å². The van der Waals surface area contributed by atoms with E-state index in [1.165, 1.54) is 0 Å². The Balaban J connectivity index is 2.81. The fourth-order valence-electron chi connectivity index (χ4n) is 0.920. The predicted octanol–water partition coefficient (Wildman–Crippen LogP) is 1.84. The van der Waals surface area contributed by atoms with Gasteiger partial charge >= 0.3 is 19.3 Å². The highest BCUT2D eigenvalue weighted by Crippen LogP contribution is 2.24. The monoisotopic (exact) mass is 249 g/mol. The van der Waals surface area contributed by atoms with E-state index >= 15 is 0 Å². The summed E-state index contributed by atoms with van der Waals surface area (Å²) in [6, 6.07) is 0. The molecule has 1 heterocycles. The van der Waals surface area contributed by atoms with E-state index in [9.17, 15) is 30.5 Å². The maximum absolute atomic E-state index is 12.5. The van der Waals surface area contributed by atoms with Crippen LogP contribution in [0, 0.1) is 0 Å². The summed E-state index contributed by atoms with van der Waals surface area (Å²) in [7, 11) is 0. The van der Waals surface area contributed by atoms with Crippen molar-refractivity contribution in [3.8, 4) is 0 Å². The zero-order valence-electron chi connectivity index (χ0n) is 7.56. The molecule has 0 fully saturated rings. The summed E-state index contributed by atoms with van der Waals surface area (Å²) in [5.41, 5.74) is -1.20. The third-order valence-electron chi connectivity index (χ3n) is 1.72. The van der Waals surface area contributed by atoms with Gasteiger partial charge in [0, 0.05) is 6.20 Å². The van der Waals surface area contributed by atoms with Gasteiger partial charge in [0.2, 0.25) is 0 Å². The van der Waals surface area contributed by atoms with Crippen LogP contribution in [0.25, 0.3) is 0 Å². The van der Waals surface area contributed by atoms with Crippen molar-refractivity contribution in [3.05, 3.63) is 12.4 Å². The minimum atomic E-state index is -5.36. The van der Waals surface area contributed by atoms with Crippen molar-refractivity contribution in [2.24, 2.45) is 0 Å². The van der Waals surface area contributed by atoms with Crippen LogP contribution < -0.4 is 5.46 Å². The molecule has 0 amide bonds. The lowest BCUT2D eigenvalue weighted by molar-refractivity contribution is -0.139. The summed E-state index contributed by atoms with van der Waals surface area (Å²) in [5.74, 6) is -4.40. The minimum absolute atomic E-state index is 0.150. The highest BCUT2D eigenvalue weighted by molar-refractivity contribution is 6.73. The van der Waals surface area contributed by atoms with Gasteiger partial charge in [0.25, 0.3) is 0 Å². The molecule has 0 saturated carbocycles. The topological polar surface area (TPSA) is 17.8 Å². The highest BCUT2D eigenvalue weighted by Gasteiger charge is 2.41.